The Balaban J connectivity index is 0. The normalized spacial score (nSPS) is 13.7. The average molecular weight is 247 g/mol. The number of hydrogen-bond acceptors (Lipinski definition) is 2. The number of hydrogen-bond donors (Lipinski definition) is 1. The molecule has 0 rings (SSSR count). The van der Waals surface area contributed by atoms with Crippen LogP contribution in [0.3, 0.4) is 0 Å². The summed E-state index contributed by atoms with van der Waals surface area (Å²) in [5.74, 6) is -4.75. The molecule has 0 aliphatic rings. The summed E-state index contributed by atoms with van der Waals surface area (Å²) in [6.07, 6.45) is -1.38. The molecule has 0 aliphatic heterocycles. The van der Waals surface area contributed by atoms with E-state index in [0.717, 1.165) is 0 Å². The Labute approximate surface area is 78.3 Å². The van der Waals surface area contributed by atoms with Gasteiger partial charge in [0.25, 0.3) is 0 Å². The lowest BCUT2D eigenvalue weighted by Gasteiger charge is -2.21. The third kappa shape index (κ3) is 2.68. The lowest BCUT2D eigenvalue weighted by atomic mass is 10.3. The second-order valence-electron chi connectivity index (χ2n) is 2.05. The van der Waals surface area contributed by atoms with Crippen molar-refractivity contribution in [2.45, 2.75) is 24.5 Å². The lowest BCUT2D eigenvalue weighted by molar-refractivity contribution is -0.161. The molecule has 0 radical (unpaired) electrons. The van der Waals surface area contributed by atoms with Crippen LogP contribution in [-0.4, -0.2) is 24.1 Å². The predicted molar refractivity (Wildman–Crippen MR) is 39.0 cm³/mol. The summed E-state index contributed by atoms with van der Waals surface area (Å²) in [5, 5.41) is -5.42. The first-order valence-electron chi connectivity index (χ1n) is 2.79. The van der Waals surface area contributed by atoms with Gasteiger partial charge in [-0.15, -0.1) is 12.4 Å². The van der Waals surface area contributed by atoms with Crippen molar-refractivity contribution in [3.8, 4) is 0 Å². The summed E-state index contributed by atoms with van der Waals surface area (Å²) >= 11 is 0. The van der Waals surface area contributed by atoms with Crippen LogP contribution in [0.15, 0.2) is 0 Å². The van der Waals surface area contributed by atoms with Gasteiger partial charge in [-0.2, -0.15) is 26.0 Å². The Bertz CT molecular complexity index is 263. The quantitative estimate of drug-likeness (QED) is 0.612. The third-order valence-corrected chi connectivity index (χ3v) is 2.14. The zero-order valence-corrected chi connectivity index (χ0v) is 7.93. The molecule has 0 saturated carbocycles. The molecule has 0 atom stereocenters. The maximum atomic E-state index is 12.1. The van der Waals surface area contributed by atoms with Gasteiger partial charge in [-0.1, -0.05) is 6.92 Å². The SMILES string of the molecule is CCC(F)(F)C(F)(F)S(=O)(=O)O.Cl. The van der Waals surface area contributed by atoms with Crippen molar-refractivity contribution in [1.29, 1.82) is 0 Å². The highest BCUT2D eigenvalue weighted by molar-refractivity contribution is 7.87. The van der Waals surface area contributed by atoms with Crippen molar-refractivity contribution in [2.75, 3.05) is 0 Å². The van der Waals surface area contributed by atoms with Crippen LogP contribution in [0.2, 0.25) is 0 Å². The highest BCUT2D eigenvalue weighted by atomic mass is 35.5. The molecule has 0 aromatic heterocycles. The van der Waals surface area contributed by atoms with E-state index in [0.29, 0.717) is 6.92 Å². The maximum Gasteiger partial charge on any atom is 0.431 e. The molecule has 0 aromatic carbocycles. The molecule has 1 N–H and O–H groups in total. The molecule has 0 saturated heterocycles. The number of halogens is 5. The molecule has 9 heteroatoms. The molecule has 0 aliphatic carbocycles. The van der Waals surface area contributed by atoms with Gasteiger partial charge >= 0.3 is 21.3 Å². The van der Waals surface area contributed by atoms with Gasteiger partial charge < -0.3 is 0 Å². The molecule has 13 heavy (non-hydrogen) atoms. The van der Waals surface area contributed by atoms with Gasteiger partial charge in [0.2, 0.25) is 0 Å². The second kappa shape index (κ2) is 3.97. The Morgan fingerprint density at radius 1 is 1.23 bits per heavy atom. The maximum absolute atomic E-state index is 12.1. The number of alkyl halides is 4. The minimum absolute atomic E-state index is 0. The van der Waals surface area contributed by atoms with E-state index in [2.05, 4.69) is 0 Å². The van der Waals surface area contributed by atoms with Gasteiger partial charge in [-0.25, -0.2) is 0 Å². The van der Waals surface area contributed by atoms with E-state index in [4.69, 9.17) is 4.55 Å². The summed E-state index contributed by atoms with van der Waals surface area (Å²) in [6.45, 7) is 0.680. The van der Waals surface area contributed by atoms with E-state index < -0.39 is 27.7 Å². The fraction of sp³-hybridized carbons (Fsp3) is 1.00. The second-order valence-corrected chi connectivity index (χ2v) is 3.51. The zero-order valence-electron chi connectivity index (χ0n) is 6.30. The summed E-state index contributed by atoms with van der Waals surface area (Å²) in [4.78, 5) is 0. The van der Waals surface area contributed by atoms with E-state index in [-0.39, 0.29) is 12.4 Å². The van der Waals surface area contributed by atoms with Gasteiger partial charge in [0.05, 0.1) is 0 Å². The topological polar surface area (TPSA) is 54.4 Å². The third-order valence-electron chi connectivity index (χ3n) is 1.19. The molecule has 0 fully saturated rings. The molecular weight excluding hydrogens is 240 g/mol. The molecule has 82 valence electrons. The van der Waals surface area contributed by atoms with Crippen molar-refractivity contribution in [3.63, 3.8) is 0 Å². The molecule has 0 unspecified atom stereocenters. The van der Waals surface area contributed by atoms with Crippen LogP contribution in [-0.2, 0) is 10.1 Å². The van der Waals surface area contributed by atoms with Crippen LogP contribution in [0.5, 0.6) is 0 Å². The van der Waals surface area contributed by atoms with Crippen LogP contribution >= 0.6 is 12.4 Å². The van der Waals surface area contributed by atoms with Gasteiger partial charge in [0.15, 0.2) is 0 Å². The summed E-state index contributed by atoms with van der Waals surface area (Å²) in [7, 11) is -6.06. The average Bonchev–Trinajstić information content (AvgIpc) is 1.85. The van der Waals surface area contributed by atoms with Crippen molar-refractivity contribution in [1.82, 2.24) is 0 Å². The molecular formula is C4H7ClF4O3S. The highest BCUT2D eigenvalue weighted by Crippen LogP contribution is 2.40. The zero-order chi connectivity index (χ0) is 10.2. The van der Waals surface area contributed by atoms with Crippen LogP contribution in [0.25, 0.3) is 0 Å². The predicted octanol–water partition coefficient (Wildman–Crippen LogP) is 1.93. The molecule has 0 aromatic rings. The monoisotopic (exact) mass is 246 g/mol. The minimum atomic E-state index is -6.06. The van der Waals surface area contributed by atoms with Gasteiger partial charge in [0.1, 0.15) is 0 Å². The van der Waals surface area contributed by atoms with E-state index in [1.807, 2.05) is 0 Å². The number of rotatable bonds is 3. The fourth-order valence-corrected chi connectivity index (χ4v) is 0.916. The molecule has 0 amide bonds. The standard InChI is InChI=1S/C4H6F4O3S.ClH/c1-2-3(5,6)4(7,8)12(9,10)11;/h2H2,1H3,(H,9,10,11);1H. The Kier molecular flexibility index (Phi) is 4.70. The van der Waals surface area contributed by atoms with E-state index in [1.54, 1.807) is 0 Å². The Hall–Kier alpha value is -0.0800. The Morgan fingerprint density at radius 3 is 1.62 bits per heavy atom. The van der Waals surface area contributed by atoms with Gasteiger partial charge in [0, 0.05) is 6.42 Å². The fourth-order valence-electron chi connectivity index (χ4n) is 0.394. The first-order chi connectivity index (χ1) is 5.06. The van der Waals surface area contributed by atoms with Crippen molar-refractivity contribution < 1.29 is 30.5 Å². The summed E-state index contributed by atoms with van der Waals surface area (Å²) < 4.78 is 75.8. The molecule has 3 nitrogen and oxygen atoms in total. The summed E-state index contributed by atoms with van der Waals surface area (Å²) in [6, 6.07) is 0. The van der Waals surface area contributed by atoms with Crippen molar-refractivity contribution >= 4 is 22.5 Å². The largest absolute Gasteiger partial charge is 0.431 e. The van der Waals surface area contributed by atoms with Crippen molar-refractivity contribution in [3.05, 3.63) is 0 Å². The highest BCUT2D eigenvalue weighted by Gasteiger charge is 2.64. The lowest BCUT2D eigenvalue weighted by Crippen LogP contribution is -2.46. The summed E-state index contributed by atoms with van der Waals surface area (Å²) in [5.41, 5.74) is 0. The van der Waals surface area contributed by atoms with Crippen LogP contribution in [0, 0.1) is 0 Å². The minimum Gasteiger partial charge on any atom is -0.281 e. The van der Waals surface area contributed by atoms with Gasteiger partial charge in [-0.3, -0.25) is 4.55 Å². The van der Waals surface area contributed by atoms with E-state index in [1.165, 1.54) is 0 Å². The van der Waals surface area contributed by atoms with Gasteiger partial charge in [-0.05, 0) is 0 Å². The molecule has 0 heterocycles. The molecule has 0 spiro atoms. The Morgan fingerprint density at radius 2 is 1.54 bits per heavy atom. The van der Waals surface area contributed by atoms with Crippen LogP contribution in [0.1, 0.15) is 13.3 Å². The van der Waals surface area contributed by atoms with Crippen molar-refractivity contribution in [2.24, 2.45) is 0 Å². The van der Waals surface area contributed by atoms with E-state index in [9.17, 15) is 26.0 Å². The smallest absolute Gasteiger partial charge is 0.281 e. The first kappa shape index (κ1) is 15.4. The van der Waals surface area contributed by atoms with E-state index >= 15 is 0 Å². The molecule has 0 bridgehead atoms. The van der Waals surface area contributed by atoms with Crippen LogP contribution < -0.4 is 0 Å². The van der Waals surface area contributed by atoms with Crippen LogP contribution in [0.4, 0.5) is 17.6 Å². The first-order valence-corrected chi connectivity index (χ1v) is 4.23.